The van der Waals surface area contributed by atoms with Gasteiger partial charge in [0.1, 0.15) is 6.10 Å². The van der Waals surface area contributed by atoms with Crippen molar-refractivity contribution >= 4 is 5.97 Å². The Bertz CT molecular complexity index is 224. The molecule has 0 aromatic carbocycles. The molecule has 2 fully saturated rings. The van der Waals surface area contributed by atoms with Crippen molar-refractivity contribution in [1.29, 1.82) is 0 Å². The highest BCUT2D eigenvalue weighted by Gasteiger charge is 2.48. The van der Waals surface area contributed by atoms with E-state index in [9.17, 15) is 9.90 Å². The number of hydrogen-bond acceptors (Lipinski definition) is 3. The molecule has 12 heavy (non-hydrogen) atoms. The molecule has 1 aliphatic heterocycles. The summed E-state index contributed by atoms with van der Waals surface area (Å²) in [7, 11) is 0. The summed E-state index contributed by atoms with van der Waals surface area (Å²) >= 11 is 0. The van der Waals surface area contributed by atoms with E-state index in [4.69, 9.17) is 4.74 Å². The van der Waals surface area contributed by atoms with Gasteiger partial charge in [-0.05, 0) is 0 Å². The van der Waals surface area contributed by atoms with Crippen LogP contribution in [0.5, 0.6) is 0 Å². The highest BCUT2D eigenvalue weighted by molar-refractivity contribution is 5.72. The van der Waals surface area contributed by atoms with E-state index < -0.39 is 0 Å². The van der Waals surface area contributed by atoms with Crippen LogP contribution in [0.15, 0.2) is 12.7 Å². The minimum atomic E-state index is -0.370. The van der Waals surface area contributed by atoms with E-state index in [0.717, 1.165) is 0 Å². The number of rotatable bonds is 1. The van der Waals surface area contributed by atoms with Crippen LogP contribution in [-0.4, -0.2) is 23.3 Å². The van der Waals surface area contributed by atoms with E-state index in [1.807, 2.05) is 0 Å². The van der Waals surface area contributed by atoms with Crippen LogP contribution in [0.1, 0.15) is 12.8 Å². The van der Waals surface area contributed by atoms with Gasteiger partial charge in [0.2, 0.25) is 0 Å². The Morgan fingerprint density at radius 1 is 1.67 bits per heavy atom. The lowest BCUT2D eigenvalue weighted by Gasteiger charge is -2.12. The Labute approximate surface area is 71.0 Å². The van der Waals surface area contributed by atoms with Crippen LogP contribution in [0.25, 0.3) is 0 Å². The molecule has 0 unspecified atom stereocenters. The number of aliphatic hydroxyl groups is 1. The fourth-order valence-electron chi connectivity index (χ4n) is 2.25. The number of fused-ring (bicyclic) bond motifs is 1. The van der Waals surface area contributed by atoms with Gasteiger partial charge in [-0.3, -0.25) is 4.79 Å². The largest absolute Gasteiger partial charge is 0.462 e. The van der Waals surface area contributed by atoms with Crippen LogP contribution in [0.2, 0.25) is 0 Å². The van der Waals surface area contributed by atoms with Gasteiger partial charge in [0.25, 0.3) is 0 Å². The van der Waals surface area contributed by atoms with Crippen molar-refractivity contribution in [3.05, 3.63) is 12.7 Å². The number of hydrogen-bond donors (Lipinski definition) is 1. The van der Waals surface area contributed by atoms with Crippen molar-refractivity contribution in [3.8, 4) is 0 Å². The molecule has 0 aromatic heterocycles. The zero-order valence-electron chi connectivity index (χ0n) is 6.77. The molecule has 2 aliphatic rings. The fourth-order valence-corrected chi connectivity index (χ4v) is 2.25. The average Bonchev–Trinajstić information content (AvgIpc) is 2.43. The molecule has 3 heteroatoms. The van der Waals surface area contributed by atoms with Gasteiger partial charge in [-0.2, -0.15) is 0 Å². The molecule has 1 aliphatic carbocycles. The smallest absolute Gasteiger partial charge is 0.306 e. The first-order valence-electron chi connectivity index (χ1n) is 4.22. The Morgan fingerprint density at radius 3 is 3.08 bits per heavy atom. The van der Waals surface area contributed by atoms with Gasteiger partial charge in [-0.25, -0.2) is 0 Å². The summed E-state index contributed by atoms with van der Waals surface area (Å²) < 4.78 is 5.04. The molecule has 1 saturated heterocycles. The lowest BCUT2D eigenvalue weighted by molar-refractivity contribution is -0.141. The quantitative estimate of drug-likeness (QED) is 0.457. The first-order chi connectivity index (χ1) is 5.72. The number of ether oxygens (including phenoxy) is 1. The number of carbonyl (C=O) groups is 1. The fraction of sp³-hybridized carbons (Fsp3) is 0.667. The van der Waals surface area contributed by atoms with Crippen molar-refractivity contribution < 1.29 is 14.6 Å². The van der Waals surface area contributed by atoms with Crippen LogP contribution < -0.4 is 0 Å². The summed E-state index contributed by atoms with van der Waals surface area (Å²) in [5, 5.41) is 9.52. The summed E-state index contributed by atoms with van der Waals surface area (Å²) in [5.41, 5.74) is 0. The first kappa shape index (κ1) is 7.80. The van der Waals surface area contributed by atoms with Gasteiger partial charge in [0.05, 0.1) is 12.5 Å². The maximum absolute atomic E-state index is 10.9. The molecule has 1 saturated carbocycles. The van der Waals surface area contributed by atoms with Crippen molar-refractivity contribution in [2.45, 2.75) is 25.0 Å². The van der Waals surface area contributed by atoms with Gasteiger partial charge in [0, 0.05) is 18.3 Å². The van der Waals surface area contributed by atoms with Crippen molar-refractivity contribution in [2.75, 3.05) is 0 Å². The van der Waals surface area contributed by atoms with Gasteiger partial charge < -0.3 is 9.84 Å². The van der Waals surface area contributed by atoms with Crippen LogP contribution >= 0.6 is 0 Å². The lowest BCUT2D eigenvalue weighted by atomic mass is 9.92. The Kier molecular flexibility index (Phi) is 1.68. The van der Waals surface area contributed by atoms with Gasteiger partial charge in [0.15, 0.2) is 0 Å². The standard InChI is InChI=1S/C9H12O3/c1-2-5-6-3-9(11)12-8(6)4-7(5)10/h2,5-8,10H,1,3-4H2/t5-,6-,7-,8+/m1/s1. The van der Waals surface area contributed by atoms with Gasteiger partial charge in [-0.15, -0.1) is 6.58 Å². The normalized spacial score (nSPS) is 45.6. The van der Waals surface area contributed by atoms with Gasteiger partial charge >= 0.3 is 5.97 Å². The highest BCUT2D eigenvalue weighted by Crippen LogP contribution is 2.41. The second-order valence-corrected chi connectivity index (χ2v) is 3.51. The summed E-state index contributed by atoms with van der Waals surface area (Å²) in [6, 6.07) is 0. The molecule has 3 nitrogen and oxygen atoms in total. The lowest BCUT2D eigenvalue weighted by Crippen LogP contribution is -2.17. The molecule has 0 bridgehead atoms. The summed E-state index contributed by atoms with van der Waals surface area (Å²) in [6.45, 7) is 3.65. The van der Waals surface area contributed by atoms with Crippen LogP contribution in [0.4, 0.5) is 0 Å². The summed E-state index contributed by atoms with van der Waals surface area (Å²) in [6.07, 6.45) is 2.32. The summed E-state index contributed by atoms with van der Waals surface area (Å²) in [4.78, 5) is 10.9. The zero-order valence-corrected chi connectivity index (χ0v) is 6.77. The molecular formula is C9H12O3. The number of carbonyl (C=O) groups excluding carboxylic acids is 1. The first-order valence-corrected chi connectivity index (χ1v) is 4.22. The third-order valence-corrected chi connectivity index (χ3v) is 2.85. The SMILES string of the molecule is C=C[C@@H]1[C@H]2CC(=O)O[C@H]2C[C@H]1O. The van der Waals surface area contributed by atoms with E-state index in [1.54, 1.807) is 6.08 Å². The second-order valence-electron chi connectivity index (χ2n) is 3.51. The Balaban J connectivity index is 2.16. The molecule has 0 spiro atoms. The van der Waals surface area contributed by atoms with E-state index >= 15 is 0 Å². The third kappa shape index (κ3) is 0.966. The third-order valence-electron chi connectivity index (χ3n) is 2.85. The second kappa shape index (κ2) is 2.59. The average molecular weight is 168 g/mol. The Morgan fingerprint density at radius 2 is 2.42 bits per heavy atom. The molecule has 66 valence electrons. The molecular weight excluding hydrogens is 156 g/mol. The number of esters is 1. The van der Waals surface area contributed by atoms with Crippen molar-refractivity contribution in [1.82, 2.24) is 0 Å². The van der Waals surface area contributed by atoms with Crippen molar-refractivity contribution in [3.63, 3.8) is 0 Å². The van der Waals surface area contributed by atoms with Crippen LogP contribution in [0, 0.1) is 11.8 Å². The Hall–Kier alpha value is -0.830. The van der Waals surface area contributed by atoms with Crippen LogP contribution in [-0.2, 0) is 9.53 Å². The molecule has 2 rings (SSSR count). The maximum Gasteiger partial charge on any atom is 0.306 e. The molecule has 1 heterocycles. The predicted molar refractivity (Wildman–Crippen MR) is 42.3 cm³/mol. The van der Waals surface area contributed by atoms with E-state index in [-0.39, 0.29) is 30.0 Å². The summed E-state index contributed by atoms with van der Waals surface area (Å²) in [5.74, 6) is 0.0789. The van der Waals surface area contributed by atoms with E-state index in [1.165, 1.54) is 0 Å². The maximum atomic E-state index is 10.9. The van der Waals surface area contributed by atoms with Crippen molar-refractivity contribution in [2.24, 2.45) is 11.8 Å². The minimum absolute atomic E-state index is 0.0430. The van der Waals surface area contributed by atoms with E-state index in [0.29, 0.717) is 12.8 Å². The molecule has 0 aromatic rings. The zero-order chi connectivity index (χ0) is 8.72. The van der Waals surface area contributed by atoms with Crippen LogP contribution in [0.3, 0.4) is 0 Å². The van der Waals surface area contributed by atoms with E-state index in [2.05, 4.69) is 6.58 Å². The molecule has 4 atom stereocenters. The van der Waals surface area contributed by atoms with Gasteiger partial charge in [-0.1, -0.05) is 6.08 Å². The number of aliphatic hydroxyl groups excluding tert-OH is 1. The molecule has 1 N–H and O–H groups in total. The molecule has 0 amide bonds. The monoisotopic (exact) mass is 168 g/mol. The highest BCUT2D eigenvalue weighted by atomic mass is 16.6. The molecule has 0 radical (unpaired) electrons. The topological polar surface area (TPSA) is 46.5 Å². The predicted octanol–water partition coefficient (Wildman–Crippen LogP) is 0.485. The minimum Gasteiger partial charge on any atom is -0.462 e.